The van der Waals surface area contributed by atoms with Crippen molar-refractivity contribution in [1.29, 1.82) is 0 Å². The van der Waals surface area contributed by atoms with Crippen LogP contribution < -0.4 is 0 Å². The van der Waals surface area contributed by atoms with E-state index in [1.165, 1.54) is 5.69 Å². The third-order valence-corrected chi connectivity index (χ3v) is 3.09. The highest BCUT2D eigenvalue weighted by Gasteiger charge is 2.10. The van der Waals surface area contributed by atoms with Gasteiger partial charge in [-0.3, -0.25) is 0 Å². The number of rotatable bonds is 5. The highest BCUT2D eigenvalue weighted by molar-refractivity contribution is 5.09. The van der Waals surface area contributed by atoms with Gasteiger partial charge in [0.1, 0.15) is 5.76 Å². The fourth-order valence-electron chi connectivity index (χ4n) is 1.95. The Hall–Kier alpha value is -1.58. The van der Waals surface area contributed by atoms with E-state index >= 15 is 0 Å². The molecule has 0 amide bonds. The van der Waals surface area contributed by atoms with Crippen molar-refractivity contribution in [2.45, 2.75) is 52.5 Å². The Bertz CT molecular complexity index is 497. The van der Waals surface area contributed by atoms with Crippen molar-refractivity contribution in [3.63, 3.8) is 0 Å². The molecule has 4 nitrogen and oxygen atoms in total. The summed E-state index contributed by atoms with van der Waals surface area (Å²) in [5, 5.41) is 4.10. The molecule has 2 heterocycles. The maximum absolute atomic E-state index is 5.30. The van der Waals surface area contributed by atoms with E-state index < -0.39 is 0 Å². The molecule has 0 fully saturated rings. The maximum atomic E-state index is 5.30. The molecule has 2 rings (SSSR count). The van der Waals surface area contributed by atoms with Crippen LogP contribution in [0.3, 0.4) is 0 Å². The van der Waals surface area contributed by atoms with Crippen LogP contribution in [0.5, 0.6) is 0 Å². The van der Waals surface area contributed by atoms with Crippen LogP contribution in [0.2, 0.25) is 0 Å². The number of imidazole rings is 1. The minimum Gasteiger partial charge on any atom is -0.361 e. The van der Waals surface area contributed by atoms with Crippen LogP contribution in [0, 0.1) is 0 Å². The minimum absolute atomic E-state index is 0.394. The van der Waals surface area contributed by atoms with Crippen molar-refractivity contribution in [1.82, 2.24) is 14.7 Å². The lowest BCUT2D eigenvalue weighted by atomic mass is 10.1. The largest absolute Gasteiger partial charge is 0.361 e. The predicted molar refractivity (Wildman–Crippen MR) is 70.6 cm³/mol. The molecule has 0 saturated carbocycles. The van der Waals surface area contributed by atoms with E-state index in [0.29, 0.717) is 11.8 Å². The fourth-order valence-corrected chi connectivity index (χ4v) is 1.95. The summed E-state index contributed by atoms with van der Waals surface area (Å²) in [7, 11) is 0. The van der Waals surface area contributed by atoms with Gasteiger partial charge in [-0.15, -0.1) is 0 Å². The number of hydrogen-bond donors (Lipinski definition) is 0. The first-order chi connectivity index (χ1) is 8.58. The molecule has 0 bridgehead atoms. The van der Waals surface area contributed by atoms with Crippen LogP contribution in [-0.4, -0.2) is 14.7 Å². The first-order valence-corrected chi connectivity index (χ1v) is 6.53. The molecule has 2 aromatic heterocycles. The van der Waals surface area contributed by atoms with Crippen molar-refractivity contribution >= 4 is 0 Å². The SMILES string of the molecule is CC(C)c1cc(CCn2cncc2C(C)C)no1. The van der Waals surface area contributed by atoms with Gasteiger partial charge in [-0.1, -0.05) is 32.9 Å². The summed E-state index contributed by atoms with van der Waals surface area (Å²) in [5.74, 6) is 1.85. The summed E-state index contributed by atoms with van der Waals surface area (Å²) in [4.78, 5) is 4.21. The zero-order valence-corrected chi connectivity index (χ0v) is 11.6. The number of aromatic nitrogens is 3. The highest BCUT2D eigenvalue weighted by atomic mass is 16.5. The van der Waals surface area contributed by atoms with Crippen molar-refractivity contribution in [3.05, 3.63) is 35.7 Å². The molecule has 0 atom stereocenters. The smallest absolute Gasteiger partial charge is 0.139 e. The van der Waals surface area contributed by atoms with Crippen LogP contribution >= 0.6 is 0 Å². The second kappa shape index (κ2) is 5.38. The summed E-state index contributed by atoms with van der Waals surface area (Å²) < 4.78 is 7.49. The second-order valence-corrected chi connectivity index (χ2v) is 5.29. The number of nitrogens with zero attached hydrogens (tertiary/aromatic N) is 3. The summed E-state index contributed by atoms with van der Waals surface area (Å²) in [5.41, 5.74) is 2.28. The van der Waals surface area contributed by atoms with Gasteiger partial charge in [0.25, 0.3) is 0 Å². The molecule has 0 aromatic carbocycles. The molecule has 2 aromatic rings. The Labute approximate surface area is 108 Å². The van der Waals surface area contributed by atoms with E-state index in [0.717, 1.165) is 24.4 Å². The van der Waals surface area contributed by atoms with Crippen LogP contribution in [0.25, 0.3) is 0 Å². The van der Waals surface area contributed by atoms with Gasteiger partial charge >= 0.3 is 0 Å². The van der Waals surface area contributed by atoms with Crippen molar-refractivity contribution < 1.29 is 4.52 Å². The van der Waals surface area contributed by atoms with Gasteiger partial charge in [0.05, 0.1) is 12.0 Å². The third kappa shape index (κ3) is 2.81. The summed E-state index contributed by atoms with van der Waals surface area (Å²) >= 11 is 0. The molecule has 0 unspecified atom stereocenters. The minimum atomic E-state index is 0.394. The summed E-state index contributed by atoms with van der Waals surface area (Å²) in [6.45, 7) is 9.48. The highest BCUT2D eigenvalue weighted by Crippen LogP contribution is 2.17. The van der Waals surface area contributed by atoms with Gasteiger partial charge in [-0.05, 0) is 5.92 Å². The van der Waals surface area contributed by atoms with E-state index in [1.54, 1.807) is 0 Å². The van der Waals surface area contributed by atoms with Gasteiger partial charge in [0, 0.05) is 36.8 Å². The molecule has 0 saturated heterocycles. The van der Waals surface area contributed by atoms with Crippen LogP contribution in [0.4, 0.5) is 0 Å². The lowest BCUT2D eigenvalue weighted by molar-refractivity contribution is 0.364. The average Bonchev–Trinajstić information content (AvgIpc) is 2.95. The fraction of sp³-hybridized carbons (Fsp3) is 0.571. The van der Waals surface area contributed by atoms with E-state index in [-0.39, 0.29) is 0 Å². The molecule has 0 radical (unpaired) electrons. The van der Waals surface area contributed by atoms with Gasteiger partial charge < -0.3 is 9.09 Å². The Morgan fingerprint density at radius 2 is 2.00 bits per heavy atom. The quantitative estimate of drug-likeness (QED) is 0.813. The second-order valence-electron chi connectivity index (χ2n) is 5.29. The van der Waals surface area contributed by atoms with E-state index in [4.69, 9.17) is 4.52 Å². The van der Waals surface area contributed by atoms with Gasteiger partial charge in [-0.2, -0.15) is 0 Å². The molecule has 0 N–H and O–H groups in total. The molecule has 0 spiro atoms. The lowest BCUT2D eigenvalue weighted by Crippen LogP contribution is -2.05. The molecule has 4 heteroatoms. The number of aryl methyl sites for hydroxylation is 2. The van der Waals surface area contributed by atoms with Gasteiger partial charge in [-0.25, -0.2) is 4.98 Å². The molecular weight excluding hydrogens is 226 g/mol. The van der Waals surface area contributed by atoms with Crippen molar-refractivity contribution in [3.8, 4) is 0 Å². The summed E-state index contributed by atoms with van der Waals surface area (Å²) in [6, 6.07) is 2.05. The Kier molecular flexibility index (Phi) is 3.84. The van der Waals surface area contributed by atoms with Crippen molar-refractivity contribution in [2.75, 3.05) is 0 Å². The summed E-state index contributed by atoms with van der Waals surface area (Å²) in [6.07, 6.45) is 4.71. The molecule has 18 heavy (non-hydrogen) atoms. The lowest BCUT2D eigenvalue weighted by Gasteiger charge is -2.09. The zero-order valence-electron chi connectivity index (χ0n) is 11.6. The van der Waals surface area contributed by atoms with E-state index in [2.05, 4.69) is 48.5 Å². The van der Waals surface area contributed by atoms with Gasteiger partial charge in [0.2, 0.25) is 0 Å². The Morgan fingerprint density at radius 1 is 1.22 bits per heavy atom. The molecule has 0 aliphatic rings. The maximum Gasteiger partial charge on any atom is 0.139 e. The normalized spacial score (nSPS) is 11.7. The van der Waals surface area contributed by atoms with Gasteiger partial charge in [0.15, 0.2) is 0 Å². The molecule has 0 aliphatic carbocycles. The average molecular weight is 247 g/mol. The third-order valence-electron chi connectivity index (χ3n) is 3.09. The molecular formula is C14H21N3O. The van der Waals surface area contributed by atoms with Crippen LogP contribution in [0.15, 0.2) is 23.1 Å². The zero-order chi connectivity index (χ0) is 13.1. The standard InChI is InChI=1S/C14H21N3O/c1-10(2)13-8-15-9-17(13)6-5-12-7-14(11(3)4)18-16-12/h7-11H,5-6H2,1-4H3. The first kappa shape index (κ1) is 12.9. The first-order valence-electron chi connectivity index (χ1n) is 6.53. The van der Waals surface area contributed by atoms with E-state index in [9.17, 15) is 0 Å². The Balaban J connectivity index is 2.00. The van der Waals surface area contributed by atoms with E-state index in [1.807, 2.05) is 12.5 Å². The van der Waals surface area contributed by atoms with Crippen LogP contribution in [-0.2, 0) is 13.0 Å². The van der Waals surface area contributed by atoms with Crippen molar-refractivity contribution in [2.24, 2.45) is 0 Å². The molecule has 98 valence electrons. The number of hydrogen-bond acceptors (Lipinski definition) is 3. The monoisotopic (exact) mass is 247 g/mol. The molecule has 0 aliphatic heterocycles. The Morgan fingerprint density at radius 3 is 2.61 bits per heavy atom. The topological polar surface area (TPSA) is 43.9 Å². The predicted octanol–water partition coefficient (Wildman–Crippen LogP) is 3.36. The van der Waals surface area contributed by atoms with Crippen LogP contribution in [0.1, 0.15) is 56.7 Å².